The molecule has 7 heavy (non-hydrogen) atoms. The van der Waals surface area contributed by atoms with Crippen molar-refractivity contribution in [3.63, 3.8) is 0 Å². The zero-order valence-corrected chi connectivity index (χ0v) is 8.16. The normalized spacial score (nSPS) is 10.1. The van der Waals surface area contributed by atoms with Gasteiger partial charge in [-0.1, -0.05) is 0 Å². The van der Waals surface area contributed by atoms with Gasteiger partial charge in [-0.3, -0.25) is 0 Å². The summed E-state index contributed by atoms with van der Waals surface area (Å²) < 4.78 is 27.1. The second-order valence-corrected chi connectivity index (χ2v) is 3.84. The minimum atomic E-state index is -5.34. The van der Waals surface area contributed by atoms with Gasteiger partial charge < -0.3 is 1.43 Å². The van der Waals surface area contributed by atoms with E-state index < -0.39 is 20.1 Å². The van der Waals surface area contributed by atoms with Gasteiger partial charge in [-0.05, 0) is 0 Å². The van der Waals surface area contributed by atoms with Gasteiger partial charge in [-0.15, -0.1) is 0 Å². The van der Waals surface area contributed by atoms with E-state index in [2.05, 4.69) is 3.17 Å². The Bertz CT molecular complexity index is 76.5. The van der Waals surface area contributed by atoms with E-state index in [4.69, 9.17) is 12.0 Å². The SMILES string of the molecule is [H-].[Na+].[O]=[Sb]([OH])([OH])[O]O. The Balaban J connectivity index is -0.000000125. The third-order valence-corrected chi connectivity index (χ3v) is 0.714. The molecule has 0 atom stereocenters. The predicted octanol–water partition coefficient (Wildman–Crippen LogP) is -4.56. The fraction of sp³-hybridized carbons (Fsp3) is 0. The van der Waals surface area contributed by atoms with E-state index in [1.165, 1.54) is 0 Å². The summed E-state index contributed by atoms with van der Waals surface area (Å²) in [4.78, 5) is 0. The van der Waals surface area contributed by atoms with Crippen molar-refractivity contribution >= 4 is 20.1 Å². The van der Waals surface area contributed by atoms with Crippen molar-refractivity contribution in [1.82, 2.24) is 0 Å². The molecule has 0 saturated carbocycles. The summed E-state index contributed by atoms with van der Waals surface area (Å²) in [5.74, 6) is 0. The van der Waals surface area contributed by atoms with Crippen molar-refractivity contribution in [3.05, 3.63) is 0 Å². The van der Waals surface area contributed by atoms with Crippen LogP contribution < -0.4 is 29.6 Å². The van der Waals surface area contributed by atoms with E-state index in [1.807, 2.05) is 0 Å². The van der Waals surface area contributed by atoms with Crippen LogP contribution in [0.2, 0.25) is 0 Å². The van der Waals surface area contributed by atoms with Crippen LogP contribution in [-0.2, 0) is 6.18 Å². The maximum absolute atomic E-state index is 9.31. The second kappa shape index (κ2) is 4.35. The van der Waals surface area contributed by atoms with Gasteiger partial charge in [-0.2, -0.15) is 0 Å². The Kier molecular flexibility index (Phi) is 7.01. The average Bonchev–Trinajstić information content (AvgIpc) is 1.35. The van der Waals surface area contributed by atoms with Gasteiger partial charge >= 0.3 is 67.8 Å². The fourth-order valence-electron chi connectivity index (χ4n) is 0. The molecular weight excluding hydrogens is 225 g/mol. The van der Waals surface area contributed by atoms with E-state index in [9.17, 15) is 3.02 Å². The Hall–Kier alpha value is 1.46. The summed E-state index contributed by atoms with van der Waals surface area (Å²) in [7, 11) is 0. The third-order valence-electron chi connectivity index (χ3n) is 0.106. The summed E-state index contributed by atoms with van der Waals surface area (Å²) in [6.45, 7) is 0. The molecule has 0 aromatic heterocycles. The van der Waals surface area contributed by atoms with E-state index in [0.717, 1.165) is 0 Å². The molecule has 7 heteroatoms. The van der Waals surface area contributed by atoms with E-state index >= 15 is 0 Å². The zero-order valence-electron chi connectivity index (χ0n) is 4.61. The van der Waals surface area contributed by atoms with Gasteiger partial charge in [0.2, 0.25) is 0 Å². The molecule has 5 nitrogen and oxygen atoms in total. The minimum absolute atomic E-state index is 0. The number of rotatable bonds is 1. The van der Waals surface area contributed by atoms with E-state index in [0.29, 0.717) is 0 Å². The van der Waals surface area contributed by atoms with Gasteiger partial charge in [0, 0.05) is 0 Å². The standard InChI is InChI=1S/Na.H2O2.2H2O.O.Sb.H/c;1-2;;;;;/h;1-2H;2*1H2;;;/q+1;;;;;+3;-1/p-3. The molecule has 0 aliphatic carbocycles. The summed E-state index contributed by atoms with van der Waals surface area (Å²) >= 11 is -5.34. The Labute approximate surface area is 68.7 Å². The average molecular weight is 229 g/mol. The maximum atomic E-state index is 9.31. The van der Waals surface area contributed by atoms with Crippen LogP contribution in [0.4, 0.5) is 0 Å². The van der Waals surface area contributed by atoms with E-state index in [-0.39, 0.29) is 31.0 Å². The second-order valence-electron chi connectivity index (χ2n) is 0.572. The van der Waals surface area contributed by atoms with Crippen molar-refractivity contribution in [2.75, 3.05) is 0 Å². The van der Waals surface area contributed by atoms with Crippen LogP contribution in [0.5, 0.6) is 0 Å². The van der Waals surface area contributed by atoms with Crippen LogP contribution in [0.3, 0.4) is 0 Å². The fourth-order valence-corrected chi connectivity index (χ4v) is 0. The summed E-state index contributed by atoms with van der Waals surface area (Å²) in [6, 6.07) is 0. The quantitative estimate of drug-likeness (QED) is 0.239. The van der Waals surface area contributed by atoms with Crippen molar-refractivity contribution < 1.29 is 49.2 Å². The molecule has 40 valence electrons. The van der Waals surface area contributed by atoms with Crippen LogP contribution in [0.15, 0.2) is 0 Å². The van der Waals surface area contributed by atoms with Crippen LogP contribution in [-0.4, -0.2) is 32.1 Å². The first-order valence-electron chi connectivity index (χ1n) is 0.948. The molecule has 0 heterocycles. The molecule has 0 unspecified atom stereocenters. The molecule has 0 rings (SSSR count). The molecule has 0 saturated heterocycles. The molecule has 0 bridgehead atoms. The van der Waals surface area contributed by atoms with Crippen LogP contribution in [0.1, 0.15) is 1.43 Å². The molecule has 0 amide bonds. The molecular formula is H4NaO5Sb. The topological polar surface area (TPSA) is 87.0 Å². The van der Waals surface area contributed by atoms with Gasteiger partial charge in [-0.25, -0.2) is 0 Å². The van der Waals surface area contributed by atoms with Gasteiger partial charge in [0.05, 0.1) is 0 Å². The molecule has 0 aliphatic heterocycles. The van der Waals surface area contributed by atoms with Crippen LogP contribution in [0.25, 0.3) is 0 Å². The number of hydrogen-bond acceptors (Lipinski definition) is 3. The Morgan fingerprint density at radius 3 is 1.71 bits per heavy atom. The van der Waals surface area contributed by atoms with Crippen molar-refractivity contribution in [2.45, 2.75) is 0 Å². The zero-order chi connectivity index (χ0) is 5.21. The molecule has 0 aromatic rings. The van der Waals surface area contributed by atoms with Crippen LogP contribution in [0, 0.1) is 0 Å². The number of hydrogen-bond donors (Lipinski definition) is 3. The van der Waals surface area contributed by atoms with Crippen molar-refractivity contribution in [3.8, 4) is 0 Å². The summed E-state index contributed by atoms with van der Waals surface area (Å²) in [5.41, 5.74) is 0. The van der Waals surface area contributed by atoms with Crippen molar-refractivity contribution in [2.24, 2.45) is 0 Å². The van der Waals surface area contributed by atoms with E-state index in [1.54, 1.807) is 0 Å². The predicted molar refractivity (Wildman–Crippen MR) is 15.7 cm³/mol. The van der Waals surface area contributed by atoms with Gasteiger partial charge in [0.25, 0.3) is 0 Å². The first-order valence-corrected chi connectivity index (χ1v) is 5.32. The molecule has 0 fully saturated rings. The Morgan fingerprint density at radius 2 is 1.71 bits per heavy atom. The third kappa shape index (κ3) is 11.2. The molecule has 0 aromatic carbocycles. The van der Waals surface area contributed by atoms with Crippen molar-refractivity contribution in [1.29, 1.82) is 0 Å². The first-order chi connectivity index (χ1) is 2.56. The summed E-state index contributed by atoms with van der Waals surface area (Å²) in [5, 5.41) is 7.18. The monoisotopic (exact) mass is 228 g/mol. The molecule has 0 aliphatic rings. The summed E-state index contributed by atoms with van der Waals surface area (Å²) in [6.07, 6.45) is 0. The first kappa shape index (κ1) is 11.3. The van der Waals surface area contributed by atoms with Gasteiger partial charge in [0.15, 0.2) is 0 Å². The molecule has 3 N–H and O–H groups in total. The molecule has 0 spiro atoms. The Morgan fingerprint density at radius 1 is 1.57 bits per heavy atom. The molecule has 0 radical (unpaired) electrons. The van der Waals surface area contributed by atoms with Crippen LogP contribution >= 0.6 is 0 Å². The van der Waals surface area contributed by atoms with Gasteiger partial charge in [0.1, 0.15) is 0 Å².